The van der Waals surface area contributed by atoms with Gasteiger partial charge in [-0.1, -0.05) is 18.5 Å². The van der Waals surface area contributed by atoms with Crippen molar-refractivity contribution in [2.75, 3.05) is 24.6 Å². The molecular formula is C15H24ClN3O. The van der Waals surface area contributed by atoms with E-state index in [-0.39, 0.29) is 5.91 Å². The number of hydrogen-bond donors (Lipinski definition) is 2. The fraction of sp³-hybridized carbons (Fsp3) is 0.533. The first-order valence-corrected chi connectivity index (χ1v) is 7.37. The van der Waals surface area contributed by atoms with E-state index in [0.29, 0.717) is 28.9 Å². The third-order valence-electron chi connectivity index (χ3n) is 3.54. The Balaban J connectivity index is 2.35. The van der Waals surface area contributed by atoms with Crippen LogP contribution in [0.15, 0.2) is 18.2 Å². The Bertz CT molecular complexity index is 451. The first-order chi connectivity index (χ1) is 9.43. The zero-order valence-electron chi connectivity index (χ0n) is 12.4. The van der Waals surface area contributed by atoms with Crippen molar-refractivity contribution in [2.24, 2.45) is 0 Å². The van der Waals surface area contributed by atoms with Crippen LogP contribution in [0, 0.1) is 0 Å². The van der Waals surface area contributed by atoms with Crippen molar-refractivity contribution in [2.45, 2.75) is 39.2 Å². The maximum absolute atomic E-state index is 11.8. The number of halogens is 1. The first-order valence-electron chi connectivity index (χ1n) is 6.99. The van der Waals surface area contributed by atoms with Gasteiger partial charge in [0.2, 0.25) is 5.91 Å². The molecule has 112 valence electrons. The van der Waals surface area contributed by atoms with Crippen molar-refractivity contribution in [1.29, 1.82) is 0 Å². The molecule has 0 radical (unpaired) electrons. The summed E-state index contributed by atoms with van der Waals surface area (Å²) in [5, 5.41) is 3.33. The van der Waals surface area contributed by atoms with E-state index in [1.807, 2.05) is 0 Å². The fourth-order valence-electron chi connectivity index (χ4n) is 1.87. The van der Waals surface area contributed by atoms with Crippen molar-refractivity contribution < 1.29 is 4.79 Å². The van der Waals surface area contributed by atoms with Gasteiger partial charge in [0.15, 0.2) is 0 Å². The number of anilines is 2. The SMILES string of the molecule is CCC(C)N(C)CCCC(=O)Nc1ccc(Cl)c(N)c1. The number of amides is 1. The van der Waals surface area contributed by atoms with E-state index < -0.39 is 0 Å². The zero-order chi connectivity index (χ0) is 15.1. The topological polar surface area (TPSA) is 58.4 Å². The molecule has 0 fully saturated rings. The highest BCUT2D eigenvalue weighted by Gasteiger charge is 2.08. The summed E-state index contributed by atoms with van der Waals surface area (Å²) in [6.45, 7) is 5.28. The maximum atomic E-state index is 11.8. The van der Waals surface area contributed by atoms with Crippen LogP contribution < -0.4 is 11.1 Å². The number of nitrogens with two attached hydrogens (primary N) is 1. The highest BCUT2D eigenvalue weighted by atomic mass is 35.5. The molecule has 1 aromatic carbocycles. The van der Waals surface area contributed by atoms with Gasteiger partial charge in [-0.25, -0.2) is 0 Å². The van der Waals surface area contributed by atoms with E-state index in [2.05, 4.69) is 31.1 Å². The molecule has 0 saturated heterocycles. The average molecular weight is 298 g/mol. The summed E-state index contributed by atoms with van der Waals surface area (Å²) in [7, 11) is 2.09. The molecule has 1 rings (SSSR count). The van der Waals surface area contributed by atoms with Crippen molar-refractivity contribution in [3.63, 3.8) is 0 Å². The van der Waals surface area contributed by atoms with E-state index in [0.717, 1.165) is 19.4 Å². The summed E-state index contributed by atoms with van der Waals surface area (Å²) in [6, 6.07) is 5.66. The van der Waals surface area contributed by atoms with Gasteiger partial charge in [-0.05, 0) is 51.6 Å². The molecule has 1 aromatic rings. The number of nitrogens with zero attached hydrogens (tertiary/aromatic N) is 1. The van der Waals surface area contributed by atoms with Gasteiger partial charge < -0.3 is 16.0 Å². The molecule has 1 atom stereocenters. The molecule has 3 N–H and O–H groups in total. The molecule has 0 heterocycles. The molecule has 0 spiro atoms. The van der Waals surface area contributed by atoms with Gasteiger partial charge in [-0.15, -0.1) is 0 Å². The van der Waals surface area contributed by atoms with Crippen LogP contribution >= 0.6 is 11.6 Å². The molecule has 0 saturated carbocycles. The lowest BCUT2D eigenvalue weighted by Gasteiger charge is -2.23. The molecule has 0 bridgehead atoms. The van der Waals surface area contributed by atoms with Gasteiger partial charge in [0, 0.05) is 18.2 Å². The monoisotopic (exact) mass is 297 g/mol. The van der Waals surface area contributed by atoms with E-state index in [9.17, 15) is 4.79 Å². The van der Waals surface area contributed by atoms with Gasteiger partial charge in [-0.3, -0.25) is 4.79 Å². The number of hydrogen-bond acceptors (Lipinski definition) is 3. The van der Waals surface area contributed by atoms with Gasteiger partial charge in [0.1, 0.15) is 0 Å². The molecule has 0 aliphatic carbocycles. The smallest absolute Gasteiger partial charge is 0.224 e. The minimum Gasteiger partial charge on any atom is -0.397 e. The highest BCUT2D eigenvalue weighted by Crippen LogP contribution is 2.22. The van der Waals surface area contributed by atoms with Gasteiger partial charge >= 0.3 is 0 Å². The molecule has 20 heavy (non-hydrogen) atoms. The van der Waals surface area contributed by atoms with Crippen LogP contribution in [0.5, 0.6) is 0 Å². The summed E-state index contributed by atoms with van der Waals surface area (Å²) in [6.07, 6.45) is 2.46. The van der Waals surface area contributed by atoms with Gasteiger partial charge in [-0.2, -0.15) is 0 Å². The number of carbonyl (C=O) groups excluding carboxylic acids is 1. The van der Waals surface area contributed by atoms with Crippen molar-refractivity contribution in [3.05, 3.63) is 23.2 Å². The second-order valence-corrected chi connectivity index (χ2v) is 5.53. The molecule has 0 aliphatic rings. The van der Waals surface area contributed by atoms with E-state index in [4.69, 9.17) is 17.3 Å². The van der Waals surface area contributed by atoms with E-state index >= 15 is 0 Å². The van der Waals surface area contributed by atoms with Crippen LogP contribution in [-0.4, -0.2) is 30.4 Å². The Morgan fingerprint density at radius 1 is 1.50 bits per heavy atom. The second-order valence-electron chi connectivity index (χ2n) is 5.13. The Morgan fingerprint density at radius 3 is 2.80 bits per heavy atom. The molecular weight excluding hydrogens is 274 g/mol. The summed E-state index contributed by atoms with van der Waals surface area (Å²) in [5.74, 6) is 0.00396. The van der Waals surface area contributed by atoms with E-state index in [1.165, 1.54) is 0 Å². The third kappa shape index (κ3) is 5.39. The van der Waals surface area contributed by atoms with Crippen LogP contribution in [0.3, 0.4) is 0 Å². The van der Waals surface area contributed by atoms with Crippen molar-refractivity contribution in [1.82, 2.24) is 4.90 Å². The lowest BCUT2D eigenvalue weighted by molar-refractivity contribution is -0.116. The normalized spacial score (nSPS) is 12.4. The van der Waals surface area contributed by atoms with Gasteiger partial charge in [0.05, 0.1) is 10.7 Å². The first kappa shape index (κ1) is 16.8. The average Bonchev–Trinajstić information content (AvgIpc) is 2.41. The molecule has 0 aliphatic heterocycles. The molecule has 4 nitrogen and oxygen atoms in total. The summed E-state index contributed by atoms with van der Waals surface area (Å²) < 4.78 is 0. The predicted molar refractivity (Wildman–Crippen MR) is 86.1 cm³/mol. The van der Waals surface area contributed by atoms with Crippen molar-refractivity contribution >= 4 is 28.9 Å². The number of carbonyl (C=O) groups is 1. The zero-order valence-corrected chi connectivity index (χ0v) is 13.2. The lowest BCUT2D eigenvalue weighted by Crippen LogP contribution is -2.29. The maximum Gasteiger partial charge on any atom is 0.224 e. The van der Waals surface area contributed by atoms with Crippen LogP contribution in [0.25, 0.3) is 0 Å². The number of benzene rings is 1. The van der Waals surface area contributed by atoms with Crippen LogP contribution in [0.1, 0.15) is 33.1 Å². The Morgan fingerprint density at radius 2 is 2.20 bits per heavy atom. The minimum atomic E-state index is 0.00396. The number of nitrogens with one attached hydrogen (secondary N) is 1. The molecule has 1 amide bonds. The van der Waals surface area contributed by atoms with Crippen molar-refractivity contribution in [3.8, 4) is 0 Å². The Labute approximate surface area is 126 Å². The quantitative estimate of drug-likeness (QED) is 0.759. The summed E-state index contributed by atoms with van der Waals surface area (Å²) in [5.41, 5.74) is 6.86. The molecule has 5 heteroatoms. The number of rotatable bonds is 7. The molecule has 0 aromatic heterocycles. The Kier molecular flexibility index (Phi) is 6.82. The van der Waals surface area contributed by atoms with E-state index in [1.54, 1.807) is 18.2 Å². The predicted octanol–water partition coefficient (Wildman–Crippen LogP) is 3.37. The second kappa shape index (κ2) is 8.12. The molecule has 1 unspecified atom stereocenters. The van der Waals surface area contributed by atoms with Gasteiger partial charge in [0.25, 0.3) is 0 Å². The highest BCUT2D eigenvalue weighted by molar-refractivity contribution is 6.33. The minimum absolute atomic E-state index is 0.00396. The Hall–Kier alpha value is -1.26. The van der Waals surface area contributed by atoms with Crippen LogP contribution in [0.4, 0.5) is 11.4 Å². The third-order valence-corrected chi connectivity index (χ3v) is 3.88. The summed E-state index contributed by atoms with van der Waals surface area (Å²) >= 11 is 5.84. The van der Waals surface area contributed by atoms with Crippen LogP contribution in [0.2, 0.25) is 5.02 Å². The lowest BCUT2D eigenvalue weighted by atomic mass is 10.2. The fourth-order valence-corrected chi connectivity index (χ4v) is 1.98. The summed E-state index contributed by atoms with van der Waals surface area (Å²) in [4.78, 5) is 14.1. The van der Waals surface area contributed by atoms with Crippen LogP contribution in [-0.2, 0) is 4.79 Å². The standard InChI is InChI=1S/C15H24ClN3O/c1-4-11(2)19(3)9-5-6-15(20)18-12-7-8-13(16)14(17)10-12/h7-8,10-11H,4-6,9,17H2,1-3H3,(H,18,20). The number of nitrogen functional groups attached to an aromatic ring is 1. The largest absolute Gasteiger partial charge is 0.397 e.